The van der Waals surface area contributed by atoms with Gasteiger partial charge in [-0.3, -0.25) is 4.79 Å². The van der Waals surface area contributed by atoms with Crippen LogP contribution in [0.4, 0.5) is 0 Å². The third-order valence-electron chi connectivity index (χ3n) is 4.00. The van der Waals surface area contributed by atoms with E-state index >= 15 is 0 Å². The van der Waals surface area contributed by atoms with Gasteiger partial charge in [0.25, 0.3) is 5.91 Å². The van der Waals surface area contributed by atoms with Crippen molar-refractivity contribution in [2.75, 3.05) is 0 Å². The zero-order chi connectivity index (χ0) is 16.9. The van der Waals surface area contributed by atoms with Crippen molar-refractivity contribution in [3.05, 3.63) is 70.7 Å². The Bertz CT molecular complexity index is 746. The van der Waals surface area contributed by atoms with Gasteiger partial charge in [0.15, 0.2) is 0 Å². The quantitative estimate of drug-likeness (QED) is 0.895. The average Bonchev–Trinajstić information content (AvgIpc) is 3.04. The van der Waals surface area contributed by atoms with Gasteiger partial charge in [-0.1, -0.05) is 65.3 Å². The minimum absolute atomic E-state index is 0.172. The summed E-state index contributed by atoms with van der Waals surface area (Å²) in [5.41, 5.74) is 2.92. The summed E-state index contributed by atoms with van der Waals surface area (Å²) in [4.78, 5) is 17.7. The van der Waals surface area contributed by atoms with Gasteiger partial charge in [0.1, 0.15) is 0 Å². The second kappa shape index (κ2) is 7.49. The summed E-state index contributed by atoms with van der Waals surface area (Å²) in [5, 5.41) is 7.64. The molecule has 0 aliphatic carbocycles. The lowest BCUT2D eigenvalue weighted by molar-refractivity contribution is -0.131. The van der Waals surface area contributed by atoms with E-state index in [-0.39, 0.29) is 11.9 Å². The fourth-order valence-corrected chi connectivity index (χ4v) is 3.01. The lowest BCUT2D eigenvalue weighted by atomic mass is 10.0. The molecule has 2 aromatic carbocycles. The van der Waals surface area contributed by atoms with E-state index in [9.17, 15) is 4.79 Å². The van der Waals surface area contributed by atoms with Crippen LogP contribution in [0.1, 0.15) is 30.5 Å². The van der Waals surface area contributed by atoms with Crippen LogP contribution in [0.15, 0.2) is 59.8 Å². The molecule has 0 bridgehead atoms. The maximum absolute atomic E-state index is 12.4. The molecular weight excluding hydrogens is 324 g/mol. The van der Waals surface area contributed by atoms with Crippen molar-refractivity contribution < 1.29 is 9.63 Å². The molecule has 2 aromatic rings. The molecule has 2 unspecified atom stereocenters. The number of rotatable bonds is 5. The van der Waals surface area contributed by atoms with Gasteiger partial charge in [-0.25, -0.2) is 0 Å². The topological polar surface area (TPSA) is 50.7 Å². The summed E-state index contributed by atoms with van der Waals surface area (Å²) in [5.74, 6) is -0.172. The number of amides is 1. The van der Waals surface area contributed by atoms with Crippen molar-refractivity contribution in [1.29, 1.82) is 0 Å². The lowest BCUT2D eigenvalue weighted by Gasteiger charge is -2.17. The molecule has 1 aliphatic heterocycles. The second-order valence-electron chi connectivity index (χ2n) is 5.87. The Morgan fingerprint density at radius 1 is 1.25 bits per heavy atom. The normalized spacial score (nSPS) is 17.8. The zero-order valence-corrected chi connectivity index (χ0v) is 14.2. The third kappa shape index (κ3) is 3.95. The van der Waals surface area contributed by atoms with Crippen LogP contribution in [0.2, 0.25) is 5.02 Å². The molecule has 0 fully saturated rings. The van der Waals surface area contributed by atoms with E-state index in [1.54, 1.807) is 0 Å². The van der Waals surface area contributed by atoms with Gasteiger partial charge in [-0.2, -0.15) is 0 Å². The van der Waals surface area contributed by atoms with Crippen LogP contribution in [0.3, 0.4) is 0 Å². The van der Waals surface area contributed by atoms with Gasteiger partial charge < -0.3 is 10.2 Å². The maximum Gasteiger partial charge on any atom is 0.264 e. The van der Waals surface area contributed by atoms with Crippen molar-refractivity contribution in [2.24, 2.45) is 5.16 Å². The number of hydrogen-bond donors (Lipinski definition) is 1. The first-order valence-corrected chi connectivity index (χ1v) is 8.31. The van der Waals surface area contributed by atoms with Crippen LogP contribution in [0.5, 0.6) is 0 Å². The minimum atomic E-state index is -0.575. The first-order chi connectivity index (χ1) is 11.6. The van der Waals surface area contributed by atoms with Gasteiger partial charge >= 0.3 is 0 Å². The number of carbonyl (C=O) groups is 1. The summed E-state index contributed by atoms with van der Waals surface area (Å²) in [6.45, 7) is 1.90. The van der Waals surface area contributed by atoms with Crippen LogP contribution in [0, 0.1) is 0 Å². The van der Waals surface area contributed by atoms with Crippen molar-refractivity contribution in [3.63, 3.8) is 0 Å². The van der Waals surface area contributed by atoms with Gasteiger partial charge in [-0.05, 0) is 24.1 Å². The number of oxime groups is 1. The van der Waals surface area contributed by atoms with Crippen LogP contribution in [-0.2, 0) is 16.1 Å². The molecule has 1 N–H and O–H groups in total. The second-order valence-corrected chi connectivity index (χ2v) is 6.28. The molecule has 1 amide bonds. The fraction of sp³-hybridized carbons (Fsp3) is 0.263. The summed E-state index contributed by atoms with van der Waals surface area (Å²) >= 11 is 6.17. The van der Waals surface area contributed by atoms with Crippen LogP contribution in [-0.4, -0.2) is 17.7 Å². The van der Waals surface area contributed by atoms with Crippen LogP contribution in [0.25, 0.3) is 0 Å². The van der Waals surface area contributed by atoms with E-state index in [0.29, 0.717) is 17.9 Å². The molecule has 0 saturated heterocycles. The molecule has 1 aliphatic rings. The van der Waals surface area contributed by atoms with Crippen molar-refractivity contribution >= 4 is 23.2 Å². The maximum atomic E-state index is 12.4. The van der Waals surface area contributed by atoms with E-state index in [0.717, 1.165) is 16.8 Å². The van der Waals surface area contributed by atoms with Crippen molar-refractivity contribution in [2.45, 2.75) is 31.9 Å². The number of halogens is 1. The molecule has 2 atom stereocenters. The molecule has 124 valence electrons. The smallest absolute Gasteiger partial charge is 0.264 e. The zero-order valence-electron chi connectivity index (χ0n) is 13.4. The number of nitrogens with one attached hydrogen (secondary N) is 1. The van der Waals surface area contributed by atoms with Crippen LogP contribution >= 0.6 is 11.6 Å². The van der Waals surface area contributed by atoms with Crippen molar-refractivity contribution in [1.82, 2.24) is 5.32 Å². The Balaban J connectivity index is 1.55. The Kier molecular flexibility index (Phi) is 5.16. The molecule has 1 heterocycles. The highest BCUT2D eigenvalue weighted by molar-refractivity contribution is 6.31. The largest absolute Gasteiger partial charge is 0.382 e. The number of nitrogens with zero attached hydrogens (tertiary/aromatic N) is 1. The minimum Gasteiger partial charge on any atom is -0.382 e. The highest BCUT2D eigenvalue weighted by atomic mass is 35.5. The molecule has 0 saturated carbocycles. The van der Waals surface area contributed by atoms with Gasteiger partial charge in [0.05, 0.1) is 11.8 Å². The summed E-state index contributed by atoms with van der Waals surface area (Å²) in [7, 11) is 0. The molecule has 4 nitrogen and oxygen atoms in total. The Morgan fingerprint density at radius 2 is 1.96 bits per heavy atom. The first kappa shape index (κ1) is 16.5. The molecule has 24 heavy (non-hydrogen) atoms. The molecule has 0 spiro atoms. The number of carbonyl (C=O) groups excluding carboxylic acids is 1. The van der Waals surface area contributed by atoms with E-state index in [2.05, 4.69) is 10.5 Å². The van der Waals surface area contributed by atoms with E-state index < -0.39 is 6.10 Å². The number of benzene rings is 2. The third-order valence-corrected chi connectivity index (χ3v) is 4.35. The van der Waals surface area contributed by atoms with Crippen LogP contribution < -0.4 is 5.32 Å². The Morgan fingerprint density at radius 3 is 2.71 bits per heavy atom. The summed E-state index contributed by atoms with van der Waals surface area (Å²) in [6, 6.07) is 17.3. The predicted octanol–water partition coefficient (Wildman–Crippen LogP) is 3.90. The Hall–Kier alpha value is -2.33. The molecule has 0 radical (unpaired) electrons. The average molecular weight is 343 g/mol. The van der Waals surface area contributed by atoms with Gasteiger partial charge in [-0.15, -0.1) is 0 Å². The number of hydrogen-bond acceptors (Lipinski definition) is 3. The molecule has 3 rings (SSSR count). The molecular formula is C19H19ClN2O2. The monoisotopic (exact) mass is 342 g/mol. The van der Waals surface area contributed by atoms with Gasteiger partial charge in [0, 0.05) is 17.9 Å². The highest BCUT2D eigenvalue weighted by Crippen LogP contribution is 2.23. The standard InChI is InChI=1S/C19H19ClN2O2/c1-13(16-9-5-6-10-17(16)20)21-19(23)18-12-15(22-24-18)11-14-7-3-2-4-8-14/h2-10,13,18H,11-12H2,1H3,(H,21,23). The first-order valence-electron chi connectivity index (χ1n) is 7.94. The van der Waals surface area contributed by atoms with E-state index in [1.165, 1.54) is 0 Å². The fourth-order valence-electron chi connectivity index (χ4n) is 2.71. The molecule has 5 heteroatoms. The summed E-state index contributed by atoms with van der Waals surface area (Å²) in [6.07, 6.45) is 0.634. The summed E-state index contributed by atoms with van der Waals surface area (Å²) < 4.78 is 0. The van der Waals surface area contributed by atoms with E-state index in [1.807, 2.05) is 61.5 Å². The Labute approximate surface area is 146 Å². The van der Waals surface area contributed by atoms with Crippen molar-refractivity contribution in [3.8, 4) is 0 Å². The highest BCUT2D eigenvalue weighted by Gasteiger charge is 2.29. The predicted molar refractivity (Wildman–Crippen MR) is 95.1 cm³/mol. The van der Waals surface area contributed by atoms with E-state index in [4.69, 9.17) is 16.4 Å². The lowest BCUT2D eigenvalue weighted by Crippen LogP contribution is -2.36. The molecule has 0 aromatic heterocycles. The van der Waals surface area contributed by atoms with Gasteiger partial charge in [0.2, 0.25) is 6.10 Å². The SMILES string of the molecule is CC(NC(=O)C1CC(Cc2ccccc2)=NO1)c1ccccc1Cl.